The van der Waals surface area contributed by atoms with E-state index in [1.807, 2.05) is 18.2 Å². The zero-order valence-electron chi connectivity index (χ0n) is 26.2. The Morgan fingerprint density at radius 1 is 1.04 bits per heavy atom. The smallest absolute Gasteiger partial charge is 0.379 e. The Balaban J connectivity index is 0.000000808. The Kier molecular flexibility index (Phi) is 13.3. The highest BCUT2D eigenvalue weighted by molar-refractivity contribution is 5.77. The maximum absolute atomic E-state index is 11.7. The number of terminal acetylenes is 1. The number of piperazine rings is 1. The molecule has 0 aliphatic carbocycles. The third kappa shape index (κ3) is 9.78. The van der Waals surface area contributed by atoms with E-state index in [0.717, 1.165) is 45.1 Å². The average molecular weight is 667 g/mol. The minimum atomic E-state index is -3.67. The molecule has 3 aliphatic heterocycles. The number of carbonyl (C=O) groups excluding carboxylic acids is 1. The molecule has 4 heterocycles. The number of piperidine rings is 1. The van der Waals surface area contributed by atoms with E-state index in [1.54, 1.807) is 17.0 Å². The summed E-state index contributed by atoms with van der Waals surface area (Å²) in [4.78, 5) is 31.4. The molecule has 0 radical (unpaired) electrons. The number of aliphatic hydroxyl groups excluding tert-OH is 1. The quantitative estimate of drug-likeness (QED) is 0.342. The minimum Gasteiger partial charge on any atom is -0.489 e. The number of alkyl halides is 3. The lowest BCUT2D eigenvalue weighted by molar-refractivity contribution is -0.135. The van der Waals surface area contributed by atoms with Gasteiger partial charge in [0.2, 0.25) is 11.9 Å². The molecule has 0 unspecified atom stereocenters. The van der Waals surface area contributed by atoms with Crippen molar-refractivity contribution in [3.63, 3.8) is 0 Å². The fourth-order valence-corrected chi connectivity index (χ4v) is 5.52. The predicted molar refractivity (Wildman–Crippen MR) is 172 cm³/mol. The van der Waals surface area contributed by atoms with E-state index < -0.39 is 13.3 Å². The Hall–Kier alpha value is -4.96. The van der Waals surface area contributed by atoms with Crippen molar-refractivity contribution in [3.05, 3.63) is 54.4 Å². The number of likely N-dealkylation sites (tertiary alicyclic amines) is 1. The van der Waals surface area contributed by atoms with Crippen LogP contribution in [0, 0.1) is 24.2 Å². The van der Waals surface area contributed by atoms with Crippen molar-refractivity contribution in [1.29, 1.82) is 5.26 Å². The zero-order chi connectivity index (χ0) is 34.5. The van der Waals surface area contributed by atoms with Crippen LogP contribution in [-0.4, -0.2) is 114 Å². The molecule has 3 saturated heterocycles. The summed E-state index contributed by atoms with van der Waals surface area (Å²) in [6, 6.07) is 16.4. The molecule has 3 aliphatic rings. The molecular formula is C33H37F3N8O4. The first-order valence-corrected chi connectivity index (χ1v) is 15.3. The Morgan fingerprint density at radius 2 is 1.71 bits per heavy atom. The Morgan fingerprint density at radius 3 is 2.29 bits per heavy atom. The van der Waals surface area contributed by atoms with E-state index in [-0.39, 0.29) is 12.0 Å². The van der Waals surface area contributed by atoms with Gasteiger partial charge in [-0.1, -0.05) is 0 Å². The van der Waals surface area contributed by atoms with Gasteiger partial charge in [-0.2, -0.15) is 23.4 Å². The fraction of sp³-hybridized carbons (Fsp3) is 0.424. The summed E-state index contributed by atoms with van der Waals surface area (Å²) in [5, 5.41) is 22.1. The monoisotopic (exact) mass is 666 g/mol. The van der Waals surface area contributed by atoms with Gasteiger partial charge in [-0.3, -0.25) is 9.69 Å². The molecule has 1 aromatic heterocycles. The van der Waals surface area contributed by atoms with Gasteiger partial charge < -0.3 is 29.7 Å². The number of hydrogen-bond donors (Lipinski definition) is 2. The second kappa shape index (κ2) is 17.8. The molecule has 6 rings (SSSR count). The molecule has 0 saturated carbocycles. The number of ether oxygens (including phenoxy) is 2. The molecule has 0 bridgehead atoms. The maximum Gasteiger partial charge on any atom is 0.379 e. The number of carbonyl (C=O) groups is 1. The highest BCUT2D eigenvalue weighted by Crippen LogP contribution is 2.28. The first-order valence-electron chi connectivity index (χ1n) is 15.3. The average Bonchev–Trinajstić information content (AvgIpc) is 3.09. The van der Waals surface area contributed by atoms with Crippen molar-refractivity contribution in [1.82, 2.24) is 24.8 Å². The van der Waals surface area contributed by atoms with Gasteiger partial charge in [-0.25, -0.2) is 9.97 Å². The highest BCUT2D eigenvalue weighted by Gasteiger charge is 2.29. The number of anilines is 3. The van der Waals surface area contributed by atoms with Crippen LogP contribution in [0.5, 0.6) is 5.75 Å². The van der Waals surface area contributed by atoms with Gasteiger partial charge in [0.1, 0.15) is 30.9 Å². The van der Waals surface area contributed by atoms with Crippen molar-refractivity contribution >= 4 is 23.2 Å². The van der Waals surface area contributed by atoms with Crippen molar-refractivity contribution in [2.75, 3.05) is 69.3 Å². The van der Waals surface area contributed by atoms with Crippen LogP contribution in [0.1, 0.15) is 18.4 Å². The minimum absolute atomic E-state index is 0.114. The normalized spacial score (nSPS) is 16.8. The van der Waals surface area contributed by atoms with Gasteiger partial charge in [0.05, 0.1) is 24.8 Å². The van der Waals surface area contributed by atoms with E-state index in [0.29, 0.717) is 60.6 Å². The number of benzene rings is 2. The number of aliphatic hydroxyl groups is 1. The molecule has 254 valence electrons. The number of hydrogen-bond acceptors (Lipinski definition) is 11. The number of halogens is 3. The Labute approximate surface area is 277 Å². The van der Waals surface area contributed by atoms with Crippen molar-refractivity contribution in [3.8, 4) is 36.1 Å². The van der Waals surface area contributed by atoms with Gasteiger partial charge in [-0.15, -0.1) is 12.8 Å². The van der Waals surface area contributed by atoms with Crippen LogP contribution < -0.4 is 15.0 Å². The number of amides is 1. The molecule has 1 amide bonds. The highest BCUT2D eigenvalue weighted by atomic mass is 19.4. The van der Waals surface area contributed by atoms with E-state index in [2.05, 4.69) is 61.1 Å². The lowest BCUT2D eigenvalue weighted by Crippen LogP contribution is -2.56. The standard InChI is InChI=1S/C30H34N8O4.C2H2.CHF3/c31-16-22-15-21(1-6-27(22)42-26-7-9-38(10-8-26)28(40)17-39)29-32-20-33-30(35-29)34-23-2-4-24(5-3-23)36-11-13-37(14-12-36)25-18-41-19-25;1-2;2-1(3)4/h1-6,15,20,25-26,39H,7-14,17-19H2,(H,32,33,34,35);1-2H;1H. The van der Waals surface area contributed by atoms with Crippen LogP contribution in [-0.2, 0) is 9.53 Å². The number of rotatable bonds is 8. The fourth-order valence-electron chi connectivity index (χ4n) is 5.52. The zero-order valence-corrected chi connectivity index (χ0v) is 26.2. The van der Waals surface area contributed by atoms with Crippen molar-refractivity contribution in [2.45, 2.75) is 31.7 Å². The molecule has 15 heteroatoms. The summed E-state index contributed by atoms with van der Waals surface area (Å²) in [7, 11) is 0. The number of aromatic nitrogens is 3. The lowest BCUT2D eigenvalue weighted by atomic mass is 10.1. The third-order valence-electron chi connectivity index (χ3n) is 8.09. The van der Waals surface area contributed by atoms with Crippen molar-refractivity contribution < 1.29 is 32.5 Å². The number of nitrogens with zero attached hydrogens (tertiary/aromatic N) is 7. The lowest BCUT2D eigenvalue weighted by Gasteiger charge is -2.43. The van der Waals surface area contributed by atoms with E-state index in [9.17, 15) is 23.2 Å². The first-order chi connectivity index (χ1) is 23.3. The summed E-state index contributed by atoms with van der Waals surface area (Å²) in [6.07, 6.45) is 10.6. The molecule has 2 N–H and O–H groups in total. The second-order valence-electron chi connectivity index (χ2n) is 10.9. The first kappa shape index (κ1) is 35.9. The topological polar surface area (TPSA) is 140 Å². The second-order valence-corrected chi connectivity index (χ2v) is 10.9. The van der Waals surface area contributed by atoms with Crippen LogP contribution >= 0.6 is 0 Å². The molecule has 3 fully saturated rings. The van der Waals surface area contributed by atoms with Gasteiger partial charge in [0.25, 0.3) is 0 Å². The molecular weight excluding hydrogens is 629 g/mol. The molecule has 48 heavy (non-hydrogen) atoms. The third-order valence-corrected chi connectivity index (χ3v) is 8.09. The van der Waals surface area contributed by atoms with Crippen LogP contribution in [0.25, 0.3) is 11.4 Å². The van der Waals surface area contributed by atoms with Gasteiger partial charge in [0, 0.05) is 69.0 Å². The molecule has 3 aromatic rings. The van der Waals surface area contributed by atoms with E-state index in [4.69, 9.17) is 14.6 Å². The van der Waals surface area contributed by atoms with Crippen LogP contribution in [0.15, 0.2) is 48.8 Å². The summed E-state index contributed by atoms with van der Waals surface area (Å²) in [5.74, 6) is 1.06. The molecule has 2 aromatic carbocycles. The molecule has 0 spiro atoms. The Bertz CT molecular complexity index is 1530. The maximum atomic E-state index is 11.7. The number of nitriles is 1. The van der Waals surface area contributed by atoms with Crippen LogP contribution in [0.3, 0.4) is 0 Å². The van der Waals surface area contributed by atoms with Crippen molar-refractivity contribution in [2.24, 2.45) is 0 Å². The van der Waals surface area contributed by atoms with Gasteiger partial charge in [-0.05, 0) is 42.5 Å². The predicted octanol–water partition coefficient (Wildman–Crippen LogP) is 3.46. The molecule has 12 nitrogen and oxygen atoms in total. The van der Waals surface area contributed by atoms with E-state index in [1.165, 1.54) is 12.0 Å². The summed E-state index contributed by atoms with van der Waals surface area (Å²) < 4.78 is 40.4. The largest absolute Gasteiger partial charge is 0.489 e. The van der Waals surface area contributed by atoms with Gasteiger partial charge >= 0.3 is 6.68 Å². The summed E-state index contributed by atoms with van der Waals surface area (Å²) in [5.41, 5.74) is 3.12. The van der Waals surface area contributed by atoms with Gasteiger partial charge in [0.15, 0.2) is 5.82 Å². The number of nitrogens with one attached hydrogen (secondary N) is 1. The van der Waals surface area contributed by atoms with E-state index >= 15 is 0 Å². The summed E-state index contributed by atoms with van der Waals surface area (Å²) >= 11 is 0. The van der Waals surface area contributed by atoms with Crippen LogP contribution in [0.2, 0.25) is 0 Å². The summed E-state index contributed by atoms with van der Waals surface area (Å²) in [6.45, 7) is 2.69. The SMILES string of the molecule is C#C.FC(F)F.N#Cc1cc(-c2ncnc(Nc3ccc(N4CCN(C5COC5)CC4)cc3)n2)ccc1OC1CCN(C(=O)CO)CC1. The molecule has 0 atom stereocenters. The van der Waals surface area contributed by atoms with Crippen LogP contribution in [0.4, 0.5) is 30.5 Å².